The van der Waals surface area contributed by atoms with E-state index >= 15 is 0 Å². The number of anilines is 1. The van der Waals surface area contributed by atoms with Gasteiger partial charge in [-0.2, -0.15) is 0 Å². The molecule has 5 N–H and O–H groups in total. The Kier molecular flexibility index (Phi) is 5.68. The number of carboxylic acids is 1. The van der Waals surface area contributed by atoms with Crippen LogP contribution in [-0.4, -0.2) is 34.1 Å². The van der Waals surface area contributed by atoms with Gasteiger partial charge >= 0.3 is 12.0 Å². The Hall–Kier alpha value is -2.22. The van der Waals surface area contributed by atoms with Crippen molar-refractivity contribution in [2.75, 3.05) is 11.1 Å². The van der Waals surface area contributed by atoms with Gasteiger partial charge in [0.1, 0.15) is 6.04 Å². The third kappa shape index (κ3) is 5.77. The Balaban J connectivity index is 2.44. The van der Waals surface area contributed by atoms with E-state index in [-0.39, 0.29) is 5.75 Å². The number of aliphatic carboxylic acids is 1. The molecule has 1 aromatic rings. The molecule has 0 aliphatic carbocycles. The molecule has 0 aliphatic rings. The van der Waals surface area contributed by atoms with E-state index in [0.29, 0.717) is 5.69 Å². The number of para-hydroxylation sites is 1. The number of hydrogen-bond donors (Lipinski definition) is 4. The van der Waals surface area contributed by atoms with E-state index in [9.17, 15) is 14.4 Å². The zero-order valence-corrected chi connectivity index (χ0v) is 10.6. The van der Waals surface area contributed by atoms with Crippen molar-refractivity contribution in [1.82, 2.24) is 5.32 Å². The molecular weight excluding hydrogens is 270 g/mol. The summed E-state index contributed by atoms with van der Waals surface area (Å²) in [6.07, 6.45) is 0. The molecule has 0 aromatic heterocycles. The van der Waals surface area contributed by atoms with Gasteiger partial charge in [-0.3, -0.25) is 4.79 Å². The number of carbonyl (C=O) groups is 3. The maximum absolute atomic E-state index is 11.5. The molecule has 0 saturated carbocycles. The topological polar surface area (TPSA) is 122 Å². The largest absolute Gasteiger partial charge is 0.480 e. The highest BCUT2D eigenvalue weighted by Crippen LogP contribution is 2.11. The Labute approximate surface area is 113 Å². The first-order valence-electron chi connectivity index (χ1n) is 5.26. The number of carbonyl (C=O) groups excluding carboxylic acids is 2. The molecule has 0 bridgehead atoms. The molecule has 0 unspecified atom stereocenters. The van der Waals surface area contributed by atoms with Crippen molar-refractivity contribution in [3.8, 4) is 0 Å². The minimum atomic E-state index is -1.25. The number of benzene rings is 1. The number of primary amides is 1. The second-order valence-electron chi connectivity index (χ2n) is 3.49. The molecule has 0 spiro atoms. The van der Waals surface area contributed by atoms with Crippen LogP contribution >= 0.6 is 11.8 Å². The molecule has 0 fully saturated rings. The van der Waals surface area contributed by atoms with Crippen LogP contribution in [0, 0.1) is 0 Å². The number of nitrogens with one attached hydrogen (secondary N) is 2. The lowest BCUT2D eigenvalue weighted by Crippen LogP contribution is -2.45. The van der Waals surface area contributed by atoms with Crippen molar-refractivity contribution >= 4 is 34.7 Å². The van der Waals surface area contributed by atoms with Gasteiger partial charge < -0.3 is 21.5 Å². The van der Waals surface area contributed by atoms with E-state index in [1.54, 1.807) is 30.3 Å². The van der Waals surface area contributed by atoms with E-state index in [4.69, 9.17) is 10.8 Å². The molecule has 1 aromatic carbocycles. The van der Waals surface area contributed by atoms with Gasteiger partial charge in [0.25, 0.3) is 5.24 Å². The van der Waals surface area contributed by atoms with Gasteiger partial charge in [0.05, 0.1) is 0 Å². The molecule has 8 heteroatoms. The first kappa shape index (κ1) is 14.8. The number of hydrogen-bond acceptors (Lipinski definition) is 4. The molecule has 0 radical (unpaired) electrons. The normalized spacial score (nSPS) is 11.4. The van der Waals surface area contributed by atoms with Crippen LogP contribution in [-0.2, 0) is 4.79 Å². The van der Waals surface area contributed by atoms with Gasteiger partial charge in [0.2, 0.25) is 0 Å². The number of nitrogens with two attached hydrogens (primary N) is 1. The Morgan fingerprint density at radius 2 is 1.89 bits per heavy atom. The molecular formula is C11H13N3O4S. The third-order valence-electron chi connectivity index (χ3n) is 2.02. The summed E-state index contributed by atoms with van der Waals surface area (Å²) in [5.41, 5.74) is 5.44. The molecule has 1 rings (SSSR count). The summed E-state index contributed by atoms with van der Waals surface area (Å²) >= 11 is 0.749. The molecule has 3 amide bonds. The van der Waals surface area contributed by atoms with E-state index < -0.39 is 23.3 Å². The number of urea groups is 1. The fourth-order valence-corrected chi connectivity index (χ4v) is 1.91. The van der Waals surface area contributed by atoms with Crippen LogP contribution in [0.2, 0.25) is 0 Å². The fraction of sp³-hybridized carbons (Fsp3) is 0.182. The van der Waals surface area contributed by atoms with Crippen LogP contribution in [0.15, 0.2) is 30.3 Å². The second kappa shape index (κ2) is 7.27. The van der Waals surface area contributed by atoms with Crippen molar-refractivity contribution in [3.05, 3.63) is 30.3 Å². The lowest BCUT2D eigenvalue weighted by atomic mass is 10.3. The van der Waals surface area contributed by atoms with E-state index in [0.717, 1.165) is 11.8 Å². The lowest BCUT2D eigenvalue weighted by molar-refractivity contribution is -0.138. The molecule has 1 atom stereocenters. The van der Waals surface area contributed by atoms with Crippen molar-refractivity contribution < 1.29 is 19.5 Å². The summed E-state index contributed by atoms with van der Waals surface area (Å²) in [5.74, 6) is -1.37. The van der Waals surface area contributed by atoms with Crippen LogP contribution in [0.4, 0.5) is 15.3 Å². The Morgan fingerprint density at radius 3 is 2.42 bits per heavy atom. The highest BCUT2D eigenvalue weighted by molar-refractivity contribution is 8.13. The Bertz CT molecular complexity index is 466. The van der Waals surface area contributed by atoms with E-state index in [1.165, 1.54) is 0 Å². The van der Waals surface area contributed by atoms with E-state index in [1.807, 2.05) is 5.32 Å². The number of carboxylic acid groups (broad SMARTS) is 1. The van der Waals surface area contributed by atoms with Gasteiger partial charge in [-0.1, -0.05) is 30.0 Å². The summed E-state index contributed by atoms with van der Waals surface area (Å²) in [4.78, 5) is 32.9. The van der Waals surface area contributed by atoms with Gasteiger partial charge in [-0.15, -0.1) is 0 Å². The number of thioether (sulfide) groups is 1. The number of rotatable bonds is 5. The first-order chi connectivity index (χ1) is 8.99. The second-order valence-corrected chi connectivity index (χ2v) is 4.48. The highest BCUT2D eigenvalue weighted by atomic mass is 32.2. The van der Waals surface area contributed by atoms with Crippen LogP contribution in [0.25, 0.3) is 0 Å². The Morgan fingerprint density at radius 1 is 1.26 bits per heavy atom. The fourth-order valence-electron chi connectivity index (χ4n) is 1.18. The van der Waals surface area contributed by atoms with Crippen molar-refractivity contribution in [2.24, 2.45) is 5.73 Å². The third-order valence-corrected chi connectivity index (χ3v) is 2.88. The minimum Gasteiger partial charge on any atom is -0.480 e. The van der Waals surface area contributed by atoms with Crippen LogP contribution in [0.1, 0.15) is 0 Å². The average Bonchev–Trinajstić information content (AvgIpc) is 2.35. The summed E-state index contributed by atoms with van der Waals surface area (Å²) in [7, 11) is 0. The maximum atomic E-state index is 11.5. The zero-order chi connectivity index (χ0) is 14.3. The molecule has 0 aliphatic heterocycles. The molecule has 7 nitrogen and oxygen atoms in total. The summed E-state index contributed by atoms with van der Waals surface area (Å²) < 4.78 is 0. The zero-order valence-electron chi connectivity index (χ0n) is 9.83. The average molecular weight is 283 g/mol. The highest BCUT2D eigenvalue weighted by Gasteiger charge is 2.20. The predicted octanol–water partition coefficient (Wildman–Crippen LogP) is 1.07. The molecule has 0 heterocycles. The standard InChI is InChI=1S/C11H13N3O4S/c12-10(17)14-8(9(15)16)6-19-11(18)13-7-4-2-1-3-5-7/h1-5,8H,6H2,(H,13,18)(H,15,16)(H3,12,14,17)/t8-/m0/s1. The smallest absolute Gasteiger partial charge is 0.327 e. The van der Waals surface area contributed by atoms with Crippen molar-refractivity contribution in [3.63, 3.8) is 0 Å². The SMILES string of the molecule is NC(=O)N[C@@H](CSC(=O)Nc1ccccc1)C(=O)O. The van der Waals surface area contributed by atoms with Crippen LogP contribution in [0.5, 0.6) is 0 Å². The van der Waals surface area contributed by atoms with Crippen LogP contribution in [0.3, 0.4) is 0 Å². The van der Waals surface area contributed by atoms with Gasteiger partial charge in [0, 0.05) is 11.4 Å². The van der Waals surface area contributed by atoms with Gasteiger partial charge in [0.15, 0.2) is 0 Å². The van der Waals surface area contributed by atoms with Gasteiger partial charge in [-0.25, -0.2) is 9.59 Å². The number of amides is 3. The summed E-state index contributed by atoms with van der Waals surface area (Å²) in [5, 5.41) is 13.0. The van der Waals surface area contributed by atoms with Crippen LogP contribution < -0.4 is 16.4 Å². The first-order valence-corrected chi connectivity index (χ1v) is 6.25. The quantitative estimate of drug-likeness (QED) is 0.644. The monoisotopic (exact) mass is 283 g/mol. The van der Waals surface area contributed by atoms with Gasteiger partial charge in [-0.05, 0) is 12.1 Å². The van der Waals surface area contributed by atoms with Crippen molar-refractivity contribution in [2.45, 2.75) is 6.04 Å². The lowest BCUT2D eigenvalue weighted by Gasteiger charge is -2.12. The minimum absolute atomic E-state index is 0.114. The maximum Gasteiger partial charge on any atom is 0.327 e. The molecule has 0 saturated heterocycles. The molecule has 102 valence electrons. The van der Waals surface area contributed by atoms with Crippen molar-refractivity contribution in [1.29, 1.82) is 0 Å². The van der Waals surface area contributed by atoms with E-state index in [2.05, 4.69) is 5.32 Å². The summed E-state index contributed by atoms with van der Waals surface area (Å²) in [6, 6.07) is 6.58. The summed E-state index contributed by atoms with van der Waals surface area (Å²) in [6.45, 7) is 0. The predicted molar refractivity (Wildman–Crippen MR) is 72.1 cm³/mol. The molecule has 19 heavy (non-hydrogen) atoms.